The first kappa shape index (κ1) is 14.8. The molecule has 5 heteroatoms. The minimum atomic E-state index is 0.678. The van der Waals surface area contributed by atoms with Crippen molar-refractivity contribution in [2.24, 2.45) is 0 Å². The van der Waals surface area contributed by atoms with Crippen molar-refractivity contribution < 1.29 is 9.47 Å². The molecule has 2 heterocycles. The van der Waals surface area contributed by atoms with Crippen molar-refractivity contribution in [3.8, 4) is 22.8 Å². The van der Waals surface area contributed by atoms with Gasteiger partial charge in [-0.15, -0.1) is 0 Å². The van der Waals surface area contributed by atoms with E-state index in [0.29, 0.717) is 11.5 Å². The molecule has 0 saturated heterocycles. The maximum absolute atomic E-state index is 5.35. The fourth-order valence-corrected chi connectivity index (χ4v) is 2.25. The van der Waals surface area contributed by atoms with Gasteiger partial charge in [0.1, 0.15) is 5.82 Å². The molecule has 0 spiro atoms. The Morgan fingerprint density at radius 2 is 1.78 bits per heavy atom. The third-order valence-corrected chi connectivity index (χ3v) is 3.36. The molecule has 0 radical (unpaired) electrons. The largest absolute Gasteiger partial charge is 0.493 e. The Labute approximate surface area is 134 Å². The van der Waals surface area contributed by atoms with Crippen LogP contribution in [-0.2, 0) is 0 Å². The van der Waals surface area contributed by atoms with Gasteiger partial charge in [-0.2, -0.15) is 0 Å². The lowest BCUT2D eigenvalue weighted by molar-refractivity contribution is 0.355. The van der Waals surface area contributed by atoms with Crippen LogP contribution in [0, 0.1) is 0 Å². The average molecular weight is 307 g/mol. The second-order valence-electron chi connectivity index (χ2n) is 4.84. The maximum atomic E-state index is 5.35. The Kier molecular flexibility index (Phi) is 4.38. The first-order valence-electron chi connectivity index (χ1n) is 7.16. The van der Waals surface area contributed by atoms with Gasteiger partial charge in [-0.25, -0.2) is 4.98 Å². The summed E-state index contributed by atoms with van der Waals surface area (Å²) in [6, 6.07) is 15.4. The molecule has 116 valence electrons. The van der Waals surface area contributed by atoms with Gasteiger partial charge in [0.25, 0.3) is 0 Å². The highest BCUT2D eigenvalue weighted by molar-refractivity contribution is 5.66. The number of benzene rings is 1. The number of pyridine rings is 2. The molecule has 23 heavy (non-hydrogen) atoms. The predicted octanol–water partition coefficient (Wildman–Crippen LogP) is 3.90. The van der Waals surface area contributed by atoms with E-state index in [-0.39, 0.29) is 0 Å². The minimum absolute atomic E-state index is 0.678. The molecule has 0 unspecified atom stereocenters. The second kappa shape index (κ2) is 6.79. The van der Waals surface area contributed by atoms with Gasteiger partial charge < -0.3 is 14.8 Å². The average Bonchev–Trinajstić information content (AvgIpc) is 2.62. The number of rotatable bonds is 5. The summed E-state index contributed by atoms with van der Waals surface area (Å²) >= 11 is 0. The smallest absolute Gasteiger partial charge is 0.161 e. The zero-order valence-electron chi connectivity index (χ0n) is 13.0. The van der Waals surface area contributed by atoms with Crippen molar-refractivity contribution in [2.45, 2.75) is 0 Å². The standard InChI is InChI=1S/C18H17N3O2/c1-22-16-9-8-13(11-17(16)23-2)15-6-3-7-18(21-15)20-14-5-4-10-19-12-14/h3-12H,1-2H3,(H,20,21). The van der Waals surface area contributed by atoms with Gasteiger partial charge in [-0.3, -0.25) is 4.98 Å². The third-order valence-electron chi connectivity index (χ3n) is 3.36. The molecule has 0 fully saturated rings. The van der Waals surface area contributed by atoms with Crippen molar-refractivity contribution in [1.82, 2.24) is 9.97 Å². The molecular weight excluding hydrogens is 290 g/mol. The first-order chi connectivity index (χ1) is 11.3. The lowest BCUT2D eigenvalue weighted by Gasteiger charge is -2.10. The highest BCUT2D eigenvalue weighted by Gasteiger charge is 2.07. The number of ether oxygens (including phenoxy) is 2. The molecule has 3 aromatic rings. The Hall–Kier alpha value is -3.08. The topological polar surface area (TPSA) is 56.3 Å². The summed E-state index contributed by atoms with van der Waals surface area (Å²) in [5.41, 5.74) is 2.70. The number of nitrogens with one attached hydrogen (secondary N) is 1. The van der Waals surface area contributed by atoms with E-state index < -0.39 is 0 Å². The number of nitrogens with zero attached hydrogens (tertiary/aromatic N) is 2. The fraction of sp³-hybridized carbons (Fsp3) is 0.111. The normalized spacial score (nSPS) is 10.2. The fourth-order valence-electron chi connectivity index (χ4n) is 2.25. The lowest BCUT2D eigenvalue weighted by Crippen LogP contribution is -1.96. The summed E-state index contributed by atoms with van der Waals surface area (Å²) in [4.78, 5) is 8.72. The zero-order valence-corrected chi connectivity index (χ0v) is 13.0. The van der Waals surface area contributed by atoms with Gasteiger partial charge >= 0.3 is 0 Å². The molecule has 2 aromatic heterocycles. The third kappa shape index (κ3) is 3.40. The van der Waals surface area contributed by atoms with Crippen molar-refractivity contribution in [3.63, 3.8) is 0 Å². The zero-order chi connectivity index (χ0) is 16.1. The Balaban J connectivity index is 1.90. The van der Waals surface area contributed by atoms with Crippen molar-refractivity contribution in [1.29, 1.82) is 0 Å². The van der Waals surface area contributed by atoms with Crippen LogP contribution in [0.4, 0.5) is 11.5 Å². The highest BCUT2D eigenvalue weighted by Crippen LogP contribution is 2.32. The van der Waals surface area contributed by atoms with Crippen LogP contribution in [0.5, 0.6) is 11.5 Å². The van der Waals surface area contributed by atoms with Gasteiger partial charge in [0.05, 0.1) is 31.8 Å². The van der Waals surface area contributed by atoms with E-state index in [1.807, 2.05) is 48.5 Å². The number of aromatic nitrogens is 2. The molecule has 0 atom stereocenters. The van der Waals surface area contributed by atoms with Crippen LogP contribution in [0.3, 0.4) is 0 Å². The molecule has 3 rings (SSSR count). The molecular formula is C18H17N3O2. The Morgan fingerprint density at radius 3 is 2.52 bits per heavy atom. The Morgan fingerprint density at radius 1 is 0.913 bits per heavy atom. The van der Waals surface area contributed by atoms with Crippen LogP contribution in [0.2, 0.25) is 0 Å². The molecule has 0 aliphatic heterocycles. The van der Waals surface area contributed by atoms with Crippen LogP contribution in [0.25, 0.3) is 11.3 Å². The van der Waals surface area contributed by atoms with Crippen LogP contribution < -0.4 is 14.8 Å². The van der Waals surface area contributed by atoms with E-state index in [4.69, 9.17) is 9.47 Å². The van der Waals surface area contributed by atoms with Crippen molar-refractivity contribution >= 4 is 11.5 Å². The number of methoxy groups -OCH3 is 2. The Bertz CT molecular complexity index is 791. The maximum Gasteiger partial charge on any atom is 0.161 e. The van der Waals surface area contributed by atoms with E-state index in [9.17, 15) is 0 Å². The van der Waals surface area contributed by atoms with E-state index in [1.54, 1.807) is 26.6 Å². The number of hydrogen-bond acceptors (Lipinski definition) is 5. The second-order valence-corrected chi connectivity index (χ2v) is 4.84. The van der Waals surface area contributed by atoms with Gasteiger partial charge in [0.15, 0.2) is 11.5 Å². The quantitative estimate of drug-likeness (QED) is 0.774. The molecule has 1 aromatic carbocycles. The lowest BCUT2D eigenvalue weighted by atomic mass is 10.1. The van der Waals surface area contributed by atoms with Crippen LogP contribution in [-0.4, -0.2) is 24.2 Å². The first-order valence-corrected chi connectivity index (χ1v) is 7.16. The molecule has 0 amide bonds. The summed E-state index contributed by atoms with van der Waals surface area (Å²) in [7, 11) is 3.24. The van der Waals surface area contributed by atoms with Crippen LogP contribution in [0.15, 0.2) is 60.9 Å². The van der Waals surface area contributed by atoms with E-state index in [2.05, 4.69) is 15.3 Å². The van der Waals surface area contributed by atoms with Gasteiger partial charge in [-0.1, -0.05) is 6.07 Å². The van der Waals surface area contributed by atoms with E-state index in [0.717, 1.165) is 22.8 Å². The minimum Gasteiger partial charge on any atom is -0.493 e. The summed E-state index contributed by atoms with van der Waals surface area (Å²) in [6.45, 7) is 0. The number of hydrogen-bond donors (Lipinski definition) is 1. The van der Waals surface area contributed by atoms with Crippen molar-refractivity contribution in [3.05, 3.63) is 60.9 Å². The number of anilines is 2. The molecule has 1 N–H and O–H groups in total. The van der Waals surface area contributed by atoms with Crippen molar-refractivity contribution in [2.75, 3.05) is 19.5 Å². The van der Waals surface area contributed by atoms with E-state index in [1.165, 1.54) is 0 Å². The predicted molar refractivity (Wildman–Crippen MR) is 90.3 cm³/mol. The van der Waals surface area contributed by atoms with E-state index >= 15 is 0 Å². The summed E-state index contributed by atoms with van der Waals surface area (Å²) in [5.74, 6) is 2.13. The van der Waals surface area contributed by atoms with Crippen LogP contribution in [0.1, 0.15) is 0 Å². The highest BCUT2D eigenvalue weighted by atomic mass is 16.5. The monoisotopic (exact) mass is 307 g/mol. The molecule has 0 aliphatic rings. The summed E-state index contributed by atoms with van der Waals surface area (Å²) in [5, 5.41) is 3.24. The summed E-state index contributed by atoms with van der Waals surface area (Å²) < 4.78 is 10.6. The van der Waals surface area contributed by atoms with Gasteiger partial charge in [0, 0.05) is 11.8 Å². The molecule has 5 nitrogen and oxygen atoms in total. The molecule has 0 aliphatic carbocycles. The van der Waals surface area contributed by atoms with Gasteiger partial charge in [0.2, 0.25) is 0 Å². The van der Waals surface area contributed by atoms with Gasteiger partial charge in [-0.05, 0) is 42.5 Å². The molecule has 0 saturated carbocycles. The summed E-state index contributed by atoms with van der Waals surface area (Å²) in [6.07, 6.45) is 3.49. The van der Waals surface area contributed by atoms with Crippen LogP contribution >= 0.6 is 0 Å². The SMILES string of the molecule is COc1ccc(-c2cccc(Nc3cccnc3)n2)cc1OC. The molecule has 0 bridgehead atoms.